The Morgan fingerprint density at radius 2 is 1.29 bits per heavy atom. The van der Waals surface area contributed by atoms with Gasteiger partial charge in [-0.15, -0.1) is 0 Å². The molecule has 1 aliphatic heterocycles. The summed E-state index contributed by atoms with van der Waals surface area (Å²) in [6.07, 6.45) is 6.28. The van der Waals surface area contributed by atoms with Crippen molar-refractivity contribution in [3.05, 3.63) is 118 Å². The van der Waals surface area contributed by atoms with E-state index in [0.717, 1.165) is 46.8 Å². The molecule has 2 heterocycles. The van der Waals surface area contributed by atoms with Crippen LogP contribution in [-0.2, 0) is 6.42 Å². The van der Waals surface area contributed by atoms with Crippen molar-refractivity contribution in [2.45, 2.75) is 71.1 Å². The molecular weight excluding hydrogens is 542 g/mol. The topological polar surface area (TPSA) is 35.5 Å². The highest BCUT2D eigenvalue weighted by atomic mass is 31.1. The second-order valence-corrected chi connectivity index (χ2v) is 15.1. The van der Waals surface area contributed by atoms with Gasteiger partial charge in [0, 0.05) is 22.1 Å². The van der Waals surface area contributed by atoms with E-state index in [-0.39, 0.29) is 0 Å². The summed E-state index contributed by atoms with van der Waals surface area (Å²) in [7, 11) is -2.11. The quantitative estimate of drug-likeness (QED) is 0.171. The van der Waals surface area contributed by atoms with Crippen molar-refractivity contribution < 1.29 is 12.9 Å². The van der Waals surface area contributed by atoms with Crippen molar-refractivity contribution in [2.24, 2.45) is 0 Å². The maximum atomic E-state index is 6.79. The molecule has 0 aliphatic carbocycles. The fraction of sp³-hybridized carbons (Fsp3) is 0.333. The molecule has 5 aromatic rings. The predicted molar refractivity (Wildman–Crippen MR) is 175 cm³/mol. The van der Waals surface area contributed by atoms with Gasteiger partial charge >= 0.3 is 8.24 Å². The summed E-state index contributed by atoms with van der Waals surface area (Å²) in [6, 6.07) is 31.0. The fourth-order valence-electron chi connectivity index (χ4n) is 6.43. The first-order valence-electron chi connectivity index (χ1n) is 14.9. The van der Waals surface area contributed by atoms with Crippen LogP contribution < -0.4 is 4.52 Å². The summed E-state index contributed by atoms with van der Waals surface area (Å²) in [5.74, 6) is 0. The van der Waals surface area contributed by atoms with Gasteiger partial charge in [0.15, 0.2) is 0 Å². The molecule has 0 radical (unpaired) electrons. The van der Waals surface area contributed by atoms with Gasteiger partial charge in [0.1, 0.15) is 11.2 Å². The average Bonchev–Trinajstić information content (AvgIpc) is 3.34. The third-order valence-electron chi connectivity index (χ3n) is 8.35. The average molecular weight is 583 g/mol. The second kappa shape index (κ2) is 12.6. The van der Waals surface area contributed by atoms with Crippen LogP contribution in [0.15, 0.2) is 93.3 Å². The zero-order valence-electron chi connectivity index (χ0n) is 24.6. The normalized spacial score (nSPS) is 19.2. The van der Waals surface area contributed by atoms with Gasteiger partial charge in [-0.3, -0.25) is 4.52 Å². The number of hydrogen-bond acceptors (Lipinski definition) is 3. The van der Waals surface area contributed by atoms with E-state index in [1.165, 1.54) is 40.7 Å². The Morgan fingerprint density at radius 1 is 0.732 bits per heavy atom. The Kier molecular flexibility index (Phi) is 8.68. The number of rotatable bonds is 8. The van der Waals surface area contributed by atoms with Crippen LogP contribution in [0.4, 0.5) is 0 Å². The first-order valence-corrected chi connectivity index (χ1v) is 17.7. The van der Waals surface area contributed by atoms with E-state index in [0.29, 0.717) is 17.7 Å². The van der Waals surface area contributed by atoms with Gasteiger partial charge in [-0.25, -0.2) is 0 Å². The van der Waals surface area contributed by atoms with Crippen LogP contribution >= 0.6 is 16.2 Å². The lowest BCUT2D eigenvalue weighted by molar-refractivity contribution is 0.432. The SMILES string of the molecule is CCCCc1cc(C)cc2c1op(OCP1[C@@H](c3ccccc3)CC[C@H]1c1ccccc1)oc1c(C)cc(C)cc12. The van der Waals surface area contributed by atoms with E-state index in [1.54, 1.807) is 0 Å². The van der Waals surface area contributed by atoms with Gasteiger partial charge in [-0.1, -0.05) is 94.1 Å². The zero-order chi connectivity index (χ0) is 28.3. The molecule has 0 N–H and O–H groups in total. The first kappa shape index (κ1) is 28.3. The van der Waals surface area contributed by atoms with Gasteiger partial charge in [-0.2, -0.15) is 0 Å². The Balaban J connectivity index is 1.45. The van der Waals surface area contributed by atoms with Crippen LogP contribution in [0.1, 0.15) is 77.3 Å². The molecule has 1 fully saturated rings. The van der Waals surface area contributed by atoms with E-state index in [9.17, 15) is 0 Å². The molecule has 2 unspecified atom stereocenters. The van der Waals surface area contributed by atoms with E-state index in [2.05, 4.69) is 113 Å². The van der Waals surface area contributed by atoms with E-state index < -0.39 is 16.2 Å². The third-order valence-corrected chi connectivity index (χ3v) is 12.7. The van der Waals surface area contributed by atoms with E-state index in [4.69, 9.17) is 12.9 Å². The van der Waals surface area contributed by atoms with Gasteiger partial charge in [0.2, 0.25) is 0 Å². The Hall–Kier alpha value is -2.83. The maximum absolute atomic E-state index is 6.79. The van der Waals surface area contributed by atoms with Gasteiger partial charge in [0.25, 0.3) is 0 Å². The van der Waals surface area contributed by atoms with Crippen molar-refractivity contribution in [2.75, 3.05) is 6.35 Å². The number of benzene rings is 4. The van der Waals surface area contributed by atoms with Gasteiger partial charge < -0.3 is 8.39 Å². The third kappa shape index (κ3) is 6.05. The van der Waals surface area contributed by atoms with Gasteiger partial charge in [-0.05, 0) is 92.0 Å². The smallest absolute Gasteiger partial charge is 0.387 e. The molecular formula is C36H40O3P2. The second-order valence-electron chi connectivity index (χ2n) is 11.5. The number of unbranched alkanes of at least 4 members (excludes halogenated alkanes) is 1. The highest BCUT2D eigenvalue weighted by molar-refractivity contribution is 7.59. The molecule has 1 aliphatic rings. The maximum Gasteiger partial charge on any atom is 0.387 e. The van der Waals surface area contributed by atoms with E-state index >= 15 is 0 Å². The molecule has 1 saturated heterocycles. The molecule has 0 spiro atoms. The van der Waals surface area contributed by atoms with Crippen molar-refractivity contribution >= 4 is 38.1 Å². The lowest BCUT2D eigenvalue weighted by Crippen LogP contribution is -2.02. The summed E-state index contributed by atoms with van der Waals surface area (Å²) in [5.41, 5.74) is 10.6. The summed E-state index contributed by atoms with van der Waals surface area (Å²) in [5, 5.41) is 2.24. The number of aryl methyl sites for hydroxylation is 4. The molecule has 5 heteroatoms. The lowest BCUT2D eigenvalue weighted by atomic mass is 9.99. The summed E-state index contributed by atoms with van der Waals surface area (Å²) >= 11 is 0. The molecule has 0 amide bonds. The minimum Gasteiger partial charge on any atom is -0.399 e. The molecule has 212 valence electrons. The molecule has 0 saturated carbocycles. The zero-order valence-corrected chi connectivity index (χ0v) is 26.4. The molecule has 4 atom stereocenters. The highest BCUT2D eigenvalue weighted by Gasteiger charge is 2.38. The Labute approximate surface area is 246 Å². The number of fused-ring (bicyclic) bond motifs is 3. The van der Waals surface area contributed by atoms with Crippen LogP contribution in [0.2, 0.25) is 0 Å². The largest absolute Gasteiger partial charge is 0.399 e. The molecule has 1 aromatic heterocycles. The van der Waals surface area contributed by atoms with Crippen molar-refractivity contribution in [3.63, 3.8) is 0 Å². The lowest BCUT2D eigenvalue weighted by Gasteiger charge is -2.25. The molecule has 4 aromatic carbocycles. The van der Waals surface area contributed by atoms with Crippen LogP contribution in [0.25, 0.3) is 21.9 Å². The minimum atomic E-state index is -1.61. The monoisotopic (exact) mass is 582 g/mol. The van der Waals surface area contributed by atoms with Crippen LogP contribution in [0.3, 0.4) is 0 Å². The molecule has 0 bridgehead atoms. The standard InChI is InChI=1S/C36H40O3P2/c1-5-6-13-30-21-26(3)23-32-31-22-25(2)20-27(4)35(31)38-41(39-36(30)32)37-24-40-33(28-14-9-7-10-15-28)18-19-34(40)29-16-11-8-12-17-29/h7-12,14-17,20-23,33-34H,5-6,13,18-19,24H2,1-4H3/t33-,34+,40?,41?. The van der Waals surface area contributed by atoms with Crippen molar-refractivity contribution in [1.82, 2.24) is 0 Å². The molecule has 3 nitrogen and oxygen atoms in total. The summed E-state index contributed by atoms with van der Waals surface area (Å²) in [6.45, 7) is 8.71. The molecule has 6 rings (SSSR count). The minimum absolute atomic E-state index is 0.494. The van der Waals surface area contributed by atoms with Crippen LogP contribution in [-0.4, -0.2) is 6.35 Å². The van der Waals surface area contributed by atoms with E-state index in [1.807, 2.05) is 0 Å². The van der Waals surface area contributed by atoms with Gasteiger partial charge in [0.05, 0.1) is 6.35 Å². The number of hydrogen-bond donors (Lipinski definition) is 0. The Bertz CT molecular complexity index is 1630. The van der Waals surface area contributed by atoms with Crippen LogP contribution in [0.5, 0.6) is 0 Å². The molecule has 41 heavy (non-hydrogen) atoms. The van der Waals surface area contributed by atoms with Crippen molar-refractivity contribution in [1.29, 1.82) is 0 Å². The van der Waals surface area contributed by atoms with Crippen molar-refractivity contribution in [3.8, 4) is 0 Å². The Morgan fingerprint density at radius 3 is 1.90 bits per heavy atom. The first-order chi connectivity index (χ1) is 20.0. The summed E-state index contributed by atoms with van der Waals surface area (Å²) in [4.78, 5) is 0. The summed E-state index contributed by atoms with van der Waals surface area (Å²) < 4.78 is 20.3. The fourth-order valence-corrected chi connectivity index (χ4v) is 11.1. The highest BCUT2D eigenvalue weighted by Crippen LogP contribution is 2.70. The predicted octanol–water partition coefficient (Wildman–Crippen LogP) is 11.7. The van der Waals surface area contributed by atoms with Crippen LogP contribution in [0, 0.1) is 20.8 Å².